The molecule has 2 aromatic heterocycles. The summed E-state index contributed by atoms with van der Waals surface area (Å²) in [6.45, 7) is 2.72. The third-order valence-corrected chi connectivity index (χ3v) is 3.16. The molecular weight excluding hydrogens is 242 g/mol. The summed E-state index contributed by atoms with van der Waals surface area (Å²) in [5, 5.41) is 4.44. The Morgan fingerprint density at radius 2 is 2.38 bits per heavy atom. The maximum absolute atomic E-state index is 5.85. The molecule has 0 aromatic carbocycles. The predicted molar refractivity (Wildman–Crippen MR) is 69.1 cm³/mol. The SMILES string of the molecule is C#CCCNc1nc(Cl)nc2sc(C)cc12. The van der Waals surface area contributed by atoms with Crippen molar-refractivity contribution in [2.24, 2.45) is 0 Å². The van der Waals surface area contributed by atoms with Crippen LogP contribution in [0.25, 0.3) is 10.2 Å². The summed E-state index contributed by atoms with van der Waals surface area (Å²) < 4.78 is 0. The van der Waals surface area contributed by atoms with Crippen molar-refractivity contribution in [3.05, 3.63) is 16.2 Å². The van der Waals surface area contributed by atoms with Crippen molar-refractivity contribution >= 4 is 39.0 Å². The Morgan fingerprint density at radius 1 is 1.56 bits per heavy atom. The second-order valence-corrected chi connectivity index (χ2v) is 4.87. The number of nitrogens with zero attached hydrogens (tertiary/aromatic N) is 2. The molecule has 0 radical (unpaired) electrons. The van der Waals surface area contributed by atoms with Gasteiger partial charge in [0.1, 0.15) is 10.6 Å². The minimum Gasteiger partial charge on any atom is -0.368 e. The van der Waals surface area contributed by atoms with Gasteiger partial charge < -0.3 is 5.32 Å². The first-order chi connectivity index (χ1) is 7.70. The summed E-state index contributed by atoms with van der Waals surface area (Å²) >= 11 is 7.45. The lowest BCUT2D eigenvalue weighted by molar-refractivity contribution is 1.07. The van der Waals surface area contributed by atoms with Crippen LogP contribution >= 0.6 is 22.9 Å². The zero-order valence-corrected chi connectivity index (χ0v) is 10.3. The Balaban J connectivity index is 2.38. The molecule has 0 aliphatic carbocycles. The van der Waals surface area contributed by atoms with Gasteiger partial charge in [0.2, 0.25) is 5.28 Å². The molecule has 3 nitrogen and oxygen atoms in total. The zero-order chi connectivity index (χ0) is 11.5. The largest absolute Gasteiger partial charge is 0.368 e. The van der Waals surface area contributed by atoms with Gasteiger partial charge in [0.05, 0.1) is 5.39 Å². The fraction of sp³-hybridized carbons (Fsp3) is 0.273. The molecule has 0 unspecified atom stereocenters. The Bertz CT molecular complexity index is 556. The average molecular weight is 252 g/mol. The molecule has 0 saturated carbocycles. The van der Waals surface area contributed by atoms with Gasteiger partial charge in [-0.15, -0.1) is 23.7 Å². The van der Waals surface area contributed by atoms with Crippen LogP contribution in [0.4, 0.5) is 5.82 Å². The minimum absolute atomic E-state index is 0.262. The van der Waals surface area contributed by atoms with Crippen LogP contribution in [0.5, 0.6) is 0 Å². The number of nitrogens with one attached hydrogen (secondary N) is 1. The Morgan fingerprint density at radius 3 is 3.12 bits per heavy atom. The van der Waals surface area contributed by atoms with Gasteiger partial charge in [-0.3, -0.25) is 0 Å². The number of anilines is 1. The molecule has 0 spiro atoms. The molecule has 0 atom stereocenters. The first kappa shape index (κ1) is 11.2. The van der Waals surface area contributed by atoms with Crippen molar-refractivity contribution < 1.29 is 0 Å². The van der Waals surface area contributed by atoms with Crippen molar-refractivity contribution in [1.82, 2.24) is 9.97 Å². The fourth-order valence-electron chi connectivity index (χ4n) is 1.40. The van der Waals surface area contributed by atoms with Crippen LogP contribution in [0, 0.1) is 19.3 Å². The van der Waals surface area contributed by atoms with E-state index in [1.165, 1.54) is 4.88 Å². The molecule has 0 bridgehead atoms. The number of hydrogen-bond donors (Lipinski definition) is 1. The van der Waals surface area contributed by atoms with Crippen LogP contribution in [0.15, 0.2) is 6.07 Å². The number of terminal acetylenes is 1. The van der Waals surface area contributed by atoms with Crippen LogP contribution in [-0.4, -0.2) is 16.5 Å². The molecule has 0 aliphatic heterocycles. The quantitative estimate of drug-likeness (QED) is 0.518. The van der Waals surface area contributed by atoms with E-state index in [2.05, 4.69) is 27.3 Å². The second kappa shape index (κ2) is 4.69. The summed E-state index contributed by atoms with van der Waals surface area (Å²) in [5.41, 5.74) is 0. The van der Waals surface area contributed by atoms with Gasteiger partial charge in [-0.1, -0.05) is 0 Å². The van der Waals surface area contributed by atoms with E-state index in [0.717, 1.165) is 16.0 Å². The van der Waals surface area contributed by atoms with Gasteiger partial charge >= 0.3 is 0 Å². The van der Waals surface area contributed by atoms with Gasteiger partial charge in [-0.2, -0.15) is 0 Å². The normalized spacial score (nSPS) is 10.3. The molecule has 0 amide bonds. The third-order valence-electron chi connectivity index (χ3n) is 2.05. The van der Waals surface area contributed by atoms with E-state index < -0.39 is 0 Å². The highest BCUT2D eigenvalue weighted by molar-refractivity contribution is 7.18. The third kappa shape index (κ3) is 2.26. The molecule has 1 N–H and O–H groups in total. The number of hydrogen-bond acceptors (Lipinski definition) is 4. The van der Waals surface area contributed by atoms with E-state index in [-0.39, 0.29) is 5.28 Å². The second-order valence-electron chi connectivity index (χ2n) is 3.30. The minimum atomic E-state index is 0.262. The Hall–Kier alpha value is -1.31. The molecule has 2 rings (SSSR count). The lowest BCUT2D eigenvalue weighted by Gasteiger charge is -2.04. The summed E-state index contributed by atoms with van der Waals surface area (Å²) in [4.78, 5) is 10.4. The highest BCUT2D eigenvalue weighted by Gasteiger charge is 2.08. The lowest BCUT2D eigenvalue weighted by atomic mass is 10.3. The van der Waals surface area contributed by atoms with E-state index in [9.17, 15) is 0 Å². The molecule has 16 heavy (non-hydrogen) atoms. The van der Waals surface area contributed by atoms with Gasteiger partial charge in [-0.05, 0) is 24.6 Å². The van der Waals surface area contributed by atoms with Gasteiger partial charge in [0.25, 0.3) is 0 Å². The van der Waals surface area contributed by atoms with Crippen LogP contribution in [0.3, 0.4) is 0 Å². The van der Waals surface area contributed by atoms with E-state index in [4.69, 9.17) is 18.0 Å². The summed E-state index contributed by atoms with van der Waals surface area (Å²) in [6, 6.07) is 2.05. The molecule has 2 heterocycles. The van der Waals surface area contributed by atoms with Crippen LogP contribution < -0.4 is 5.32 Å². The molecule has 5 heteroatoms. The van der Waals surface area contributed by atoms with E-state index >= 15 is 0 Å². The van der Waals surface area contributed by atoms with E-state index in [1.807, 2.05) is 6.92 Å². The van der Waals surface area contributed by atoms with Gasteiger partial charge in [0.15, 0.2) is 0 Å². The lowest BCUT2D eigenvalue weighted by Crippen LogP contribution is -2.03. The molecular formula is C11H10ClN3S. The molecule has 0 fully saturated rings. The number of fused-ring (bicyclic) bond motifs is 1. The first-order valence-electron chi connectivity index (χ1n) is 4.81. The van der Waals surface area contributed by atoms with Crippen LogP contribution in [0.2, 0.25) is 5.28 Å². The maximum atomic E-state index is 5.85. The number of aryl methyl sites for hydroxylation is 1. The molecule has 2 aromatic rings. The highest BCUT2D eigenvalue weighted by atomic mass is 35.5. The van der Waals surface area contributed by atoms with Crippen molar-refractivity contribution in [3.63, 3.8) is 0 Å². The van der Waals surface area contributed by atoms with Crippen molar-refractivity contribution in [2.45, 2.75) is 13.3 Å². The number of halogens is 1. The Labute approximate surface area is 103 Å². The monoisotopic (exact) mass is 251 g/mol. The first-order valence-corrected chi connectivity index (χ1v) is 6.01. The zero-order valence-electron chi connectivity index (χ0n) is 8.75. The average Bonchev–Trinajstić information content (AvgIpc) is 2.58. The predicted octanol–water partition coefficient (Wildman–Crippen LogP) is 3.09. The van der Waals surface area contributed by atoms with Gasteiger partial charge in [-0.25, -0.2) is 9.97 Å². The standard InChI is InChI=1S/C11H10ClN3S/c1-3-4-5-13-9-8-6-7(2)16-10(8)15-11(12)14-9/h1,6H,4-5H2,2H3,(H,13,14,15). The van der Waals surface area contributed by atoms with Crippen molar-refractivity contribution in [2.75, 3.05) is 11.9 Å². The van der Waals surface area contributed by atoms with Gasteiger partial charge in [0, 0.05) is 17.8 Å². The van der Waals surface area contributed by atoms with E-state index in [0.29, 0.717) is 13.0 Å². The van der Waals surface area contributed by atoms with E-state index in [1.54, 1.807) is 11.3 Å². The smallest absolute Gasteiger partial charge is 0.225 e. The molecule has 0 saturated heterocycles. The number of rotatable bonds is 3. The fourth-order valence-corrected chi connectivity index (χ4v) is 2.50. The summed E-state index contributed by atoms with van der Waals surface area (Å²) in [5.74, 6) is 3.33. The van der Waals surface area contributed by atoms with Crippen molar-refractivity contribution in [1.29, 1.82) is 0 Å². The Kier molecular flexibility index (Phi) is 3.28. The van der Waals surface area contributed by atoms with Crippen molar-refractivity contribution in [3.8, 4) is 12.3 Å². The molecule has 0 aliphatic rings. The topological polar surface area (TPSA) is 37.8 Å². The van der Waals surface area contributed by atoms with Crippen LogP contribution in [-0.2, 0) is 0 Å². The maximum Gasteiger partial charge on any atom is 0.225 e. The molecule has 82 valence electrons. The van der Waals surface area contributed by atoms with Crippen LogP contribution in [0.1, 0.15) is 11.3 Å². The highest BCUT2D eigenvalue weighted by Crippen LogP contribution is 2.29. The summed E-state index contributed by atoms with van der Waals surface area (Å²) in [6.07, 6.45) is 5.85. The number of thiophene rings is 1. The number of aromatic nitrogens is 2. The summed E-state index contributed by atoms with van der Waals surface area (Å²) in [7, 11) is 0.